The van der Waals surface area contributed by atoms with Crippen molar-refractivity contribution in [3.05, 3.63) is 36.5 Å². The molecule has 3 N–H and O–H groups in total. The van der Waals surface area contributed by atoms with Crippen LogP contribution in [0.15, 0.2) is 36.5 Å². The number of nitrogens with one attached hydrogen (secondary N) is 1. The molecule has 0 saturated heterocycles. The minimum atomic E-state index is -0.546. The number of nitrogens with zero attached hydrogens (tertiary/aromatic N) is 2. The molecule has 0 spiro atoms. The molecule has 0 aliphatic heterocycles. The number of aromatic nitrogens is 2. The topological polar surface area (TPSA) is 82.2 Å². The van der Waals surface area contributed by atoms with Crippen LogP contribution in [0.4, 0.5) is 16.3 Å². The fourth-order valence-electron chi connectivity index (χ4n) is 1.63. The lowest BCUT2D eigenvalue weighted by Gasteiger charge is -2.19. The van der Waals surface area contributed by atoms with E-state index in [1.165, 1.54) is 0 Å². The van der Waals surface area contributed by atoms with E-state index in [4.69, 9.17) is 10.5 Å². The monoisotopic (exact) mass is 274 g/mol. The standard InChI is InChI=1S/C14H18N4O2/c1-14(2,3)20-13(19)17-12-8-9-16-18(12)11-6-4-10(15)5-7-11/h4-9H,15H2,1-3H3,(H,17,19). The van der Waals surface area contributed by atoms with Gasteiger partial charge < -0.3 is 10.5 Å². The molecule has 2 rings (SSSR count). The minimum absolute atomic E-state index is 0.519. The minimum Gasteiger partial charge on any atom is -0.444 e. The number of rotatable bonds is 2. The first kappa shape index (κ1) is 13.9. The maximum atomic E-state index is 11.8. The fraction of sp³-hybridized carbons (Fsp3) is 0.286. The van der Waals surface area contributed by atoms with E-state index in [2.05, 4.69) is 10.4 Å². The molecule has 0 saturated carbocycles. The highest BCUT2D eigenvalue weighted by molar-refractivity contribution is 5.84. The third kappa shape index (κ3) is 3.50. The lowest BCUT2D eigenvalue weighted by molar-refractivity contribution is 0.0635. The Bertz CT molecular complexity index is 596. The lowest BCUT2D eigenvalue weighted by atomic mass is 10.2. The van der Waals surface area contributed by atoms with Crippen molar-refractivity contribution < 1.29 is 9.53 Å². The molecule has 20 heavy (non-hydrogen) atoms. The zero-order valence-corrected chi connectivity index (χ0v) is 11.8. The van der Waals surface area contributed by atoms with E-state index in [9.17, 15) is 4.79 Å². The van der Waals surface area contributed by atoms with Gasteiger partial charge in [0.15, 0.2) is 0 Å². The molecule has 2 aromatic rings. The normalized spacial score (nSPS) is 11.2. The van der Waals surface area contributed by atoms with Crippen LogP contribution in [0.2, 0.25) is 0 Å². The molecule has 0 atom stereocenters. The molecule has 0 fully saturated rings. The molecule has 1 aromatic heterocycles. The summed E-state index contributed by atoms with van der Waals surface area (Å²) in [6.45, 7) is 5.43. The smallest absolute Gasteiger partial charge is 0.413 e. The van der Waals surface area contributed by atoms with E-state index in [1.54, 1.807) is 29.1 Å². The largest absolute Gasteiger partial charge is 0.444 e. The summed E-state index contributed by atoms with van der Waals surface area (Å²) in [6, 6.07) is 8.88. The third-order valence-corrected chi connectivity index (χ3v) is 2.41. The molecule has 0 unspecified atom stereocenters. The molecule has 6 heteroatoms. The van der Waals surface area contributed by atoms with Crippen molar-refractivity contribution in [3.8, 4) is 5.69 Å². The second-order valence-corrected chi connectivity index (χ2v) is 5.35. The summed E-state index contributed by atoms with van der Waals surface area (Å²) in [6.07, 6.45) is 1.08. The number of ether oxygens (including phenoxy) is 1. The van der Waals surface area contributed by atoms with Crippen molar-refractivity contribution in [2.45, 2.75) is 26.4 Å². The highest BCUT2D eigenvalue weighted by Gasteiger charge is 2.17. The second kappa shape index (κ2) is 5.24. The Kier molecular flexibility index (Phi) is 3.65. The fourth-order valence-corrected chi connectivity index (χ4v) is 1.63. The molecule has 1 heterocycles. The predicted octanol–water partition coefficient (Wildman–Crippen LogP) is 2.80. The molecule has 1 amide bonds. The Balaban J connectivity index is 2.17. The van der Waals surface area contributed by atoms with Gasteiger partial charge in [-0.2, -0.15) is 5.10 Å². The van der Waals surface area contributed by atoms with Gasteiger partial charge >= 0.3 is 6.09 Å². The van der Waals surface area contributed by atoms with E-state index in [1.807, 2.05) is 32.9 Å². The first-order valence-electron chi connectivity index (χ1n) is 6.25. The van der Waals surface area contributed by atoms with E-state index in [0.29, 0.717) is 11.5 Å². The Morgan fingerprint density at radius 2 is 1.90 bits per heavy atom. The summed E-state index contributed by atoms with van der Waals surface area (Å²) in [5, 5.41) is 6.84. The number of amides is 1. The van der Waals surface area contributed by atoms with Gasteiger partial charge in [-0.05, 0) is 45.0 Å². The van der Waals surface area contributed by atoms with Crippen LogP contribution in [0, 0.1) is 0 Å². The Labute approximate surface area is 117 Å². The maximum Gasteiger partial charge on any atom is 0.413 e. The Morgan fingerprint density at radius 1 is 1.25 bits per heavy atom. The molecule has 0 aliphatic carbocycles. The van der Waals surface area contributed by atoms with Crippen molar-refractivity contribution in [2.75, 3.05) is 11.1 Å². The first-order chi connectivity index (χ1) is 9.35. The first-order valence-corrected chi connectivity index (χ1v) is 6.25. The number of carbonyl (C=O) groups excluding carboxylic acids is 1. The van der Waals surface area contributed by atoms with Crippen molar-refractivity contribution >= 4 is 17.6 Å². The van der Waals surface area contributed by atoms with Gasteiger partial charge in [0.1, 0.15) is 11.4 Å². The Morgan fingerprint density at radius 3 is 2.50 bits per heavy atom. The number of benzene rings is 1. The average molecular weight is 274 g/mol. The van der Waals surface area contributed by atoms with Gasteiger partial charge in [-0.15, -0.1) is 0 Å². The SMILES string of the molecule is CC(C)(C)OC(=O)Nc1ccnn1-c1ccc(N)cc1. The van der Waals surface area contributed by atoms with Gasteiger partial charge in [0.25, 0.3) is 0 Å². The van der Waals surface area contributed by atoms with Crippen molar-refractivity contribution in [1.82, 2.24) is 9.78 Å². The summed E-state index contributed by atoms with van der Waals surface area (Å²) in [4.78, 5) is 11.8. The number of nitrogen functional groups attached to an aromatic ring is 1. The van der Waals surface area contributed by atoms with Crippen LogP contribution in [-0.2, 0) is 4.74 Å². The summed E-state index contributed by atoms with van der Waals surface area (Å²) in [5.41, 5.74) is 6.57. The van der Waals surface area contributed by atoms with E-state index in [0.717, 1.165) is 5.69 Å². The highest BCUT2D eigenvalue weighted by atomic mass is 16.6. The van der Waals surface area contributed by atoms with Crippen molar-refractivity contribution in [3.63, 3.8) is 0 Å². The van der Waals surface area contributed by atoms with Gasteiger partial charge in [0, 0.05) is 11.8 Å². The zero-order chi connectivity index (χ0) is 14.8. The van der Waals surface area contributed by atoms with Gasteiger partial charge in [-0.3, -0.25) is 5.32 Å². The van der Waals surface area contributed by atoms with E-state index in [-0.39, 0.29) is 0 Å². The third-order valence-electron chi connectivity index (χ3n) is 2.41. The summed E-state index contributed by atoms with van der Waals surface area (Å²) < 4.78 is 6.81. The van der Waals surface area contributed by atoms with Crippen LogP contribution in [0.5, 0.6) is 0 Å². The molecule has 106 valence electrons. The van der Waals surface area contributed by atoms with Crippen LogP contribution < -0.4 is 11.1 Å². The highest BCUT2D eigenvalue weighted by Crippen LogP contribution is 2.17. The number of hydrogen-bond donors (Lipinski definition) is 2. The van der Waals surface area contributed by atoms with Crippen molar-refractivity contribution in [1.29, 1.82) is 0 Å². The molecule has 0 aliphatic rings. The number of anilines is 2. The van der Waals surface area contributed by atoms with Crippen LogP contribution in [-0.4, -0.2) is 21.5 Å². The van der Waals surface area contributed by atoms with Gasteiger partial charge in [-0.1, -0.05) is 0 Å². The molecule has 6 nitrogen and oxygen atoms in total. The summed E-state index contributed by atoms with van der Waals surface area (Å²) >= 11 is 0. The van der Waals surface area contributed by atoms with Gasteiger partial charge in [0.05, 0.1) is 11.9 Å². The molecule has 1 aromatic carbocycles. The van der Waals surface area contributed by atoms with Gasteiger partial charge in [-0.25, -0.2) is 9.48 Å². The van der Waals surface area contributed by atoms with Gasteiger partial charge in [0.2, 0.25) is 0 Å². The van der Waals surface area contributed by atoms with Crippen LogP contribution in [0.1, 0.15) is 20.8 Å². The number of nitrogens with two attached hydrogens (primary N) is 1. The lowest BCUT2D eigenvalue weighted by Crippen LogP contribution is -2.27. The van der Waals surface area contributed by atoms with Crippen LogP contribution in [0.25, 0.3) is 5.69 Å². The predicted molar refractivity (Wildman–Crippen MR) is 77.8 cm³/mol. The van der Waals surface area contributed by atoms with E-state index >= 15 is 0 Å². The van der Waals surface area contributed by atoms with E-state index < -0.39 is 11.7 Å². The van der Waals surface area contributed by atoms with Crippen LogP contribution in [0.3, 0.4) is 0 Å². The molecular weight excluding hydrogens is 256 g/mol. The number of hydrogen-bond acceptors (Lipinski definition) is 4. The quantitative estimate of drug-likeness (QED) is 0.825. The Hall–Kier alpha value is -2.50. The maximum absolute atomic E-state index is 11.8. The zero-order valence-electron chi connectivity index (χ0n) is 11.8. The van der Waals surface area contributed by atoms with Crippen molar-refractivity contribution in [2.24, 2.45) is 0 Å². The second-order valence-electron chi connectivity index (χ2n) is 5.35. The molecule has 0 radical (unpaired) electrons. The molecular formula is C14H18N4O2. The van der Waals surface area contributed by atoms with Crippen LogP contribution >= 0.6 is 0 Å². The number of carbonyl (C=O) groups is 1. The molecule has 0 bridgehead atoms. The average Bonchev–Trinajstić information content (AvgIpc) is 2.75. The summed E-state index contributed by atoms with van der Waals surface area (Å²) in [5.74, 6) is 0.532. The summed E-state index contributed by atoms with van der Waals surface area (Å²) in [7, 11) is 0.